The van der Waals surface area contributed by atoms with Gasteiger partial charge in [-0.25, -0.2) is 10.1 Å². The Morgan fingerprint density at radius 2 is 1.49 bits per heavy atom. The van der Waals surface area contributed by atoms with E-state index in [1.807, 2.05) is 0 Å². The Morgan fingerprint density at radius 3 is 2.04 bits per heavy atom. The van der Waals surface area contributed by atoms with Gasteiger partial charge in [-0.3, -0.25) is 9.11 Å². The average Bonchev–Trinajstić information content (AvgIpc) is 2.95. The number of aliphatic hydroxyl groups excluding tert-OH is 2. The number of carboxylic acid groups (broad SMARTS) is 1. The number of anilines is 5. The van der Waals surface area contributed by atoms with Crippen LogP contribution in [0.5, 0.6) is 0 Å². The molecule has 0 bridgehead atoms. The molecule has 0 amide bonds. The number of aliphatic hydroxyl groups is 2. The highest BCUT2D eigenvalue weighted by atomic mass is 32.2. The molecule has 240 valence electrons. The number of fused-ring (bicyclic) bond motifs is 1. The summed E-state index contributed by atoms with van der Waals surface area (Å²) in [5.41, 5.74) is 0.176. The van der Waals surface area contributed by atoms with Gasteiger partial charge < -0.3 is 30.9 Å². The second-order valence-corrected chi connectivity index (χ2v) is 12.6. The number of benzene rings is 3. The predicted molar refractivity (Wildman–Crippen MR) is 159 cm³/mol. The zero-order chi connectivity index (χ0) is 32.9. The van der Waals surface area contributed by atoms with E-state index in [-0.39, 0.29) is 76.8 Å². The van der Waals surface area contributed by atoms with Crippen LogP contribution in [0.1, 0.15) is 10.4 Å². The molecule has 1 aromatic heterocycles. The van der Waals surface area contributed by atoms with Crippen LogP contribution < -0.4 is 15.5 Å². The van der Waals surface area contributed by atoms with E-state index in [9.17, 15) is 46.1 Å². The number of rotatable bonds is 14. The Hall–Kier alpha value is -4.19. The molecule has 0 atom stereocenters. The minimum Gasteiger partial charge on any atom is -0.478 e. The van der Waals surface area contributed by atoms with Crippen LogP contribution in [0, 0.1) is 0 Å². The summed E-state index contributed by atoms with van der Waals surface area (Å²) in [6.45, 7) is -0.675. The zero-order valence-corrected chi connectivity index (χ0v) is 25.0. The molecule has 1 heterocycles. The van der Waals surface area contributed by atoms with Crippen molar-refractivity contribution in [1.29, 1.82) is 0 Å². The van der Waals surface area contributed by atoms with Gasteiger partial charge in [0.2, 0.25) is 17.8 Å². The fraction of sp³-hybridized carbons (Fsp3) is 0.167. The molecule has 0 aliphatic rings. The van der Waals surface area contributed by atoms with E-state index in [4.69, 9.17) is 5.26 Å². The highest BCUT2D eigenvalue weighted by Gasteiger charge is 2.21. The first-order valence-electron chi connectivity index (χ1n) is 12.4. The lowest BCUT2D eigenvalue weighted by Crippen LogP contribution is -2.31. The average molecular weight is 685 g/mol. The molecule has 4 aromatic rings. The first-order valence-corrected chi connectivity index (χ1v) is 16.0. The Morgan fingerprint density at radius 1 is 0.844 bits per heavy atom. The maximum Gasteiger partial charge on any atom is 0.335 e. The molecule has 0 saturated carbocycles. The number of hydrogen-bond donors (Lipinski definition) is 8. The molecular formula is C24H24N6O12S3. The van der Waals surface area contributed by atoms with Gasteiger partial charge in [0.1, 0.15) is 4.90 Å². The number of aromatic carboxylic acids is 1. The molecule has 18 nitrogen and oxygen atoms in total. The normalized spacial score (nSPS) is 11.8. The Bertz CT molecular complexity index is 1960. The number of carbonyl (C=O) groups is 1. The first kappa shape index (κ1) is 33.7. The van der Waals surface area contributed by atoms with E-state index < -0.39 is 36.0 Å². The highest BCUT2D eigenvalue weighted by molar-refractivity contribution is 7.94. The van der Waals surface area contributed by atoms with Crippen molar-refractivity contribution >= 4 is 78.2 Å². The van der Waals surface area contributed by atoms with Gasteiger partial charge in [-0.2, -0.15) is 36.1 Å². The molecule has 21 heteroatoms. The van der Waals surface area contributed by atoms with Crippen molar-refractivity contribution in [2.24, 2.45) is 0 Å². The molecule has 45 heavy (non-hydrogen) atoms. The number of nitrogens with one attached hydrogen (secondary N) is 2. The Labute approximate surface area is 259 Å². The monoisotopic (exact) mass is 684 g/mol. The smallest absolute Gasteiger partial charge is 0.335 e. The summed E-state index contributed by atoms with van der Waals surface area (Å²) in [5, 5.41) is 42.9. The molecule has 0 unspecified atom stereocenters. The molecule has 0 aliphatic carbocycles. The van der Waals surface area contributed by atoms with Crippen LogP contribution in [0.2, 0.25) is 0 Å². The van der Waals surface area contributed by atoms with Crippen molar-refractivity contribution in [3.05, 3.63) is 54.1 Å². The lowest BCUT2D eigenvalue weighted by molar-refractivity contribution is -0.116. The Kier molecular flexibility index (Phi) is 10.4. The van der Waals surface area contributed by atoms with Crippen molar-refractivity contribution in [3.8, 4) is 0 Å². The van der Waals surface area contributed by atoms with Crippen LogP contribution in [-0.4, -0.2) is 93.7 Å². The lowest BCUT2D eigenvalue weighted by Gasteiger charge is -2.21. The van der Waals surface area contributed by atoms with Gasteiger partial charge in [0.05, 0.1) is 35.7 Å². The van der Waals surface area contributed by atoms with Crippen molar-refractivity contribution < 1.29 is 55.6 Å². The number of aromatic nitrogens is 3. The van der Waals surface area contributed by atoms with Crippen LogP contribution >= 0.6 is 12.0 Å². The maximum atomic E-state index is 11.9. The minimum absolute atomic E-state index is 0.000620. The van der Waals surface area contributed by atoms with E-state index in [1.165, 1.54) is 41.3 Å². The number of nitrogens with zero attached hydrogens (tertiary/aromatic N) is 4. The summed E-state index contributed by atoms with van der Waals surface area (Å²) in [4.78, 5) is 24.6. The van der Waals surface area contributed by atoms with Crippen LogP contribution in [-0.2, 0) is 24.6 Å². The molecule has 0 radical (unpaired) electrons. The predicted octanol–water partition coefficient (Wildman–Crippen LogP) is 1.99. The van der Waals surface area contributed by atoms with Gasteiger partial charge in [-0.05, 0) is 47.9 Å². The summed E-state index contributed by atoms with van der Waals surface area (Å²) in [7, 11) is -9.77. The fourth-order valence-corrected chi connectivity index (χ4v) is 5.86. The fourth-order valence-electron chi connectivity index (χ4n) is 4.06. The number of carboxylic acids is 1. The third kappa shape index (κ3) is 8.50. The summed E-state index contributed by atoms with van der Waals surface area (Å²) < 4.78 is 70.7. The molecular weight excluding hydrogens is 660 g/mol. The molecule has 4 rings (SSSR count). The zero-order valence-electron chi connectivity index (χ0n) is 22.6. The van der Waals surface area contributed by atoms with E-state index >= 15 is 0 Å². The standard InChI is InChI=1S/C24H24N6O12S3/c31-5-3-30(4-6-32)24-28-22(27-23(29-24)26-16-8-14(21(33)34)9-17(11-16)43-42-35)25-15-1-2-19-13(7-15)10-18(44(36,37)38)12-20(19)45(39,40)41/h1-2,7-12,31-32,35H,3-6H2,(H,33,34)(H,36,37,38)(H,39,40,41)(H2,25,26,27,28,29). The quantitative estimate of drug-likeness (QED) is 0.0408. The number of hydrogen-bond acceptors (Lipinski definition) is 16. The van der Waals surface area contributed by atoms with E-state index in [2.05, 4.69) is 29.9 Å². The highest BCUT2D eigenvalue weighted by Crippen LogP contribution is 2.31. The van der Waals surface area contributed by atoms with Gasteiger partial charge in [0.15, 0.2) is 0 Å². The van der Waals surface area contributed by atoms with Gasteiger partial charge >= 0.3 is 5.97 Å². The summed E-state index contributed by atoms with van der Waals surface area (Å²) in [6.07, 6.45) is 0. The van der Waals surface area contributed by atoms with Crippen LogP contribution in [0.3, 0.4) is 0 Å². The van der Waals surface area contributed by atoms with E-state index in [0.717, 1.165) is 6.07 Å². The first-order chi connectivity index (χ1) is 21.2. The largest absolute Gasteiger partial charge is 0.478 e. The lowest BCUT2D eigenvalue weighted by atomic mass is 10.1. The van der Waals surface area contributed by atoms with Crippen LogP contribution in [0.25, 0.3) is 10.8 Å². The topological polar surface area (TPSA) is 282 Å². The van der Waals surface area contributed by atoms with Gasteiger partial charge in [-0.15, -0.1) is 0 Å². The van der Waals surface area contributed by atoms with Crippen molar-refractivity contribution in [2.75, 3.05) is 41.8 Å². The van der Waals surface area contributed by atoms with Gasteiger partial charge in [-0.1, -0.05) is 6.07 Å². The summed E-state index contributed by atoms with van der Waals surface area (Å²) in [5.74, 6) is -1.61. The summed E-state index contributed by atoms with van der Waals surface area (Å²) in [6, 6.07) is 9.45. The second kappa shape index (κ2) is 13.8. The Balaban J connectivity index is 1.81. The van der Waals surface area contributed by atoms with Gasteiger partial charge in [0.25, 0.3) is 20.2 Å². The third-order valence-corrected chi connectivity index (χ3v) is 8.14. The SMILES string of the molecule is O=C(O)c1cc(Nc2nc(Nc3ccc4c(S(=O)(=O)O)cc(S(=O)(=O)O)cc4c3)nc(N(CCO)CCO)n2)cc(SOO)c1. The van der Waals surface area contributed by atoms with Gasteiger partial charge in [0, 0.05) is 34.7 Å². The molecule has 0 spiro atoms. The third-order valence-electron chi connectivity index (χ3n) is 5.91. The van der Waals surface area contributed by atoms with Crippen molar-refractivity contribution in [2.45, 2.75) is 14.7 Å². The molecule has 0 saturated heterocycles. The van der Waals surface area contributed by atoms with Crippen molar-refractivity contribution in [3.63, 3.8) is 0 Å². The van der Waals surface area contributed by atoms with E-state index in [0.29, 0.717) is 18.1 Å². The molecule has 0 aliphatic heterocycles. The van der Waals surface area contributed by atoms with Crippen LogP contribution in [0.4, 0.5) is 29.2 Å². The molecule has 3 aromatic carbocycles. The maximum absolute atomic E-state index is 11.9. The van der Waals surface area contributed by atoms with Crippen molar-refractivity contribution in [1.82, 2.24) is 15.0 Å². The second-order valence-electron chi connectivity index (χ2n) is 8.98. The van der Waals surface area contributed by atoms with E-state index in [1.54, 1.807) is 0 Å². The molecule has 8 N–H and O–H groups in total. The van der Waals surface area contributed by atoms with Crippen LogP contribution in [0.15, 0.2) is 63.2 Å². The minimum atomic E-state index is -4.90. The molecule has 0 fully saturated rings. The summed E-state index contributed by atoms with van der Waals surface area (Å²) >= 11 is 0.480.